The molecule has 0 aromatic carbocycles. The van der Waals surface area contributed by atoms with Gasteiger partial charge in [0.2, 0.25) is 0 Å². The van der Waals surface area contributed by atoms with Gasteiger partial charge in [0.1, 0.15) is 31.8 Å². The first-order valence-corrected chi connectivity index (χ1v) is 19.2. The number of rotatable bonds is 32. The molecule has 0 amide bonds. The zero-order chi connectivity index (χ0) is 35.2. The van der Waals surface area contributed by atoms with E-state index in [2.05, 4.69) is 41.5 Å². The van der Waals surface area contributed by atoms with E-state index < -0.39 is 5.41 Å². The highest BCUT2D eigenvalue weighted by atomic mass is 16.6. The molecule has 0 fully saturated rings. The number of ether oxygens (including phenoxy) is 4. The molecular formula is C39H72O8. The average molecular weight is 669 g/mol. The summed E-state index contributed by atoms with van der Waals surface area (Å²) in [6.07, 6.45) is 18.8. The van der Waals surface area contributed by atoms with E-state index in [0.29, 0.717) is 11.8 Å². The van der Waals surface area contributed by atoms with Crippen LogP contribution in [0, 0.1) is 17.3 Å². The summed E-state index contributed by atoms with van der Waals surface area (Å²) in [5.41, 5.74) is -1.18. The molecule has 0 N–H and O–H groups in total. The Kier molecular flexibility index (Phi) is 28.6. The Morgan fingerprint density at radius 3 is 0.915 bits per heavy atom. The first kappa shape index (κ1) is 44.9. The number of esters is 4. The van der Waals surface area contributed by atoms with Gasteiger partial charge >= 0.3 is 23.9 Å². The monoisotopic (exact) mass is 669 g/mol. The number of carbonyl (C=O) groups excluding carboxylic acids is 4. The van der Waals surface area contributed by atoms with Crippen LogP contribution in [-0.4, -0.2) is 50.3 Å². The Labute approximate surface area is 288 Å². The molecular weight excluding hydrogens is 596 g/mol. The van der Waals surface area contributed by atoms with Crippen molar-refractivity contribution in [1.82, 2.24) is 0 Å². The minimum Gasteiger partial charge on any atom is -0.465 e. The van der Waals surface area contributed by atoms with E-state index in [0.717, 1.165) is 103 Å². The fourth-order valence-corrected chi connectivity index (χ4v) is 5.22. The predicted octanol–water partition coefficient (Wildman–Crippen LogP) is 10.1. The van der Waals surface area contributed by atoms with E-state index in [1.807, 2.05) is 0 Å². The van der Waals surface area contributed by atoms with Gasteiger partial charge in [-0.25, -0.2) is 0 Å². The van der Waals surface area contributed by atoms with Crippen LogP contribution < -0.4 is 0 Å². The SMILES string of the molecule is CCCCCCC(=O)OCC(COC(=O)CCCCCC)(COC(=O)CCCCCCC(C)C)COC(=O)CCCCCCC(C)C. The molecule has 0 aromatic rings. The lowest BCUT2D eigenvalue weighted by molar-refractivity contribution is -0.170. The van der Waals surface area contributed by atoms with Crippen LogP contribution in [0.4, 0.5) is 0 Å². The second-order valence-corrected chi connectivity index (χ2v) is 14.5. The van der Waals surface area contributed by atoms with Gasteiger partial charge in [0, 0.05) is 25.7 Å². The van der Waals surface area contributed by atoms with Gasteiger partial charge in [0.15, 0.2) is 0 Å². The van der Waals surface area contributed by atoms with Crippen LogP contribution in [0.5, 0.6) is 0 Å². The maximum absolute atomic E-state index is 12.8. The summed E-state index contributed by atoms with van der Waals surface area (Å²) in [7, 11) is 0. The number of unbranched alkanes of at least 4 members (excludes halogenated alkanes) is 12. The molecule has 0 aromatic heterocycles. The Morgan fingerprint density at radius 1 is 0.404 bits per heavy atom. The Balaban J connectivity index is 5.45. The Morgan fingerprint density at radius 2 is 0.660 bits per heavy atom. The van der Waals surface area contributed by atoms with E-state index >= 15 is 0 Å². The second kappa shape index (κ2) is 30.0. The summed E-state index contributed by atoms with van der Waals surface area (Å²) in [5, 5.41) is 0. The van der Waals surface area contributed by atoms with E-state index in [-0.39, 0.29) is 76.0 Å². The van der Waals surface area contributed by atoms with Gasteiger partial charge in [-0.1, -0.05) is 131 Å². The topological polar surface area (TPSA) is 105 Å². The van der Waals surface area contributed by atoms with Gasteiger partial charge in [0.25, 0.3) is 0 Å². The molecule has 8 heteroatoms. The quantitative estimate of drug-likeness (QED) is 0.0396. The smallest absolute Gasteiger partial charge is 0.305 e. The van der Waals surface area contributed by atoms with Crippen molar-refractivity contribution in [3.63, 3.8) is 0 Å². The number of hydrogen-bond donors (Lipinski definition) is 0. The zero-order valence-corrected chi connectivity index (χ0v) is 31.3. The van der Waals surface area contributed by atoms with Crippen LogP contribution in [0.3, 0.4) is 0 Å². The largest absolute Gasteiger partial charge is 0.465 e. The van der Waals surface area contributed by atoms with E-state index in [4.69, 9.17) is 18.9 Å². The van der Waals surface area contributed by atoms with Crippen molar-refractivity contribution in [1.29, 1.82) is 0 Å². The van der Waals surface area contributed by atoms with Crippen LogP contribution in [0.15, 0.2) is 0 Å². The summed E-state index contributed by atoms with van der Waals surface area (Å²) < 4.78 is 22.8. The minimum absolute atomic E-state index is 0.173. The molecule has 0 radical (unpaired) electrons. The maximum atomic E-state index is 12.8. The summed E-state index contributed by atoms with van der Waals surface area (Å²) in [5.74, 6) is -0.0975. The highest BCUT2D eigenvalue weighted by molar-refractivity contribution is 5.71. The van der Waals surface area contributed by atoms with Gasteiger partial charge in [0.05, 0.1) is 0 Å². The number of carbonyl (C=O) groups is 4. The molecule has 0 atom stereocenters. The normalized spacial score (nSPS) is 11.6. The molecule has 0 saturated carbocycles. The fourth-order valence-electron chi connectivity index (χ4n) is 5.22. The van der Waals surface area contributed by atoms with Crippen molar-refractivity contribution in [3.05, 3.63) is 0 Å². The molecule has 0 aliphatic rings. The van der Waals surface area contributed by atoms with Gasteiger partial charge in [-0.15, -0.1) is 0 Å². The molecule has 276 valence electrons. The summed E-state index contributed by atoms with van der Waals surface area (Å²) in [6, 6.07) is 0. The molecule has 0 saturated heterocycles. The fraction of sp³-hybridized carbons (Fsp3) is 0.897. The van der Waals surface area contributed by atoms with E-state index in [1.165, 1.54) is 12.8 Å². The molecule has 47 heavy (non-hydrogen) atoms. The van der Waals surface area contributed by atoms with E-state index in [9.17, 15) is 19.2 Å². The van der Waals surface area contributed by atoms with Crippen LogP contribution in [0.1, 0.15) is 183 Å². The van der Waals surface area contributed by atoms with E-state index in [1.54, 1.807) is 0 Å². The van der Waals surface area contributed by atoms with Crippen molar-refractivity contribution < 1.29 is 38.1 Å². The minimum atomic E-state index is -1.18. The van der Waals surface area contributed by atoms with Crippen LogP contribution in [0.2, 0.25) is 0 Å². The van der Waals surface area contributed by atoms with Crippen molar-refractivity contribution in [2.75, 3.05) is 26.4 Å². The van der Waals surface area contributed by atoms with Crippen LogP contribution in [0.25, 0.3) is 0 Å². The third-order valence-corrected chi connectivity index (χ3v) is 8.45. The second-order valence-electron chi connectivity index (χ2n) is 14.5. The molecule has 0 aliphatic heterocycles. The van der Waals surface area contributed by atoms with Crippen molar-refractivity contribution >= 4 is 23.9 Å². The highest BCUT2D eigenvalue weighted by Gasteiger charge is 2.38. The Bertz CT molecular complexity index is 741. The third-order valence-electron chi connectivity index (χ3n) is 8.45. The maximum Gasteiger partial charge on any atom is 0.305 e. The average Bonchev–Trinajstić information content (AvgIpc) is 3.03. The van der Waals surface area contributed by atoms with Crippen LogP contribution in [-0.2, 0) is 38.1 Å². The van der Waals surface area contributed by atoms with Crippen molar-refractivity contribution in [2.45, 2.75) is 183 Å². The number of hydrogen-bond acceptors (Lipinski definition) is 8. The first-order chi connectivity index (χ1) is 22.5. The Hall–Kier alpha value is -2.12. The van der Waals surface area contributed by atoms with Crippen molar-refractivity contribution in [3.8, 4) is 0 Å². The lowest BCUT2D eigenvalue weighted by Gasteiger charge is -2.31. The van der Waals surface area contributed by atoms with Gasteiger partial charge in [-0.2, -0.15) is 0 Å². The third kappa shape index (κ3) is 28.6. The summed E-state index contributed by atoms with van der Waals surface area (Å²) in [6.45, 7) is 12.4. The standard InChI is InChI=1S/C39H72O8/c1-7-9-11-19-25-35(40)44-29-39(30-45-36(41)26-20-12-10-8-2,31-46-37(42)27-21-15-13-17-23-33(3)4)32-47-38(43)28-22-16-14-18-24-34(5)6/h33-34H,7-32H2,1-6H3. The van der Waals surface area contributed by atoms with Crippen molar-refractivity contribution in [2.24, 2.45) is 17.3 Å². The molecule has 0 bridgehead atoms. The molecule has 0 heterocycles. The van der Waals surface area contributed by atoms with Gasteiger partial charge in [-0.05, 0) is 37.5 Å². The highest BCUT2D eigenvalue weighted by Crippen LogP contribution is 2.24. The molecule has 0 spiro atoms. The predicted molar refractivity (Wildman–Crippen MR) is 189 cm³/mol. The molecule has 8 nitrogen and oxygen atoms in total. The molecule has 0 rings (SSSR count). The molecule has 0 unspecified atom stereocenters. The summed E-state index contributed by atoms with van der Waals surface area (Å²) >= 11 is 0. The van der Waals surface area contributed by atoms with Gasteiger partial charge in [-0.3, -0.25) is 19.2 Å². The lowest BCUT2D eigenvalue weighted by atomic mass is 9.92. The van der Waals surface area contributed by atoms with Crippen LogP contribution >= 0.6 is 0 Å². The van der Waals surface area contributed by atoms with Gasteiger partial charge < -0.3 is 18.9 Å². The molecule has 0 aliphatic carbocycles. The zero-order valence-electron chi connectivity index (χ0n) is 31.3. The lowest BCUT2D eigenvalue weighted by Crippen LogP contribution is -2.44. The summed E-state index contributed by atoms with van der Waals surface area (Å²) in [4.78, 5) is 50.9. The first-order valence-electron chi connectivity index (χ1n) is 19.2.